The smallest absolute Gasteiger partial charge is 0.0993 e. The summed E-state index contributed by atoms with van der Waals surface area (Å²) in [5.41, 5.74) is 9.76. The van der Waals surface area contributed by atoms with Crippen molar-refractivity contribution in [1.29, 1.82) is 0 Å². The number of nitrogens with zero attached hydrogens (tertiary/aromatic N) is 4. The second kappa shape index (κ2) is 5.37. The van der Waals surface area contributed by atoms with Gasteiger partial charge in [0.25, 0.3) is 0 Å². The van der Waals surface area contributed by atoms with Crippen molar-refractivity contribution in [1.82, 2.24) is 20.0 Å². The van der Waals surface area contributed by atoms with E-state index < -0.39 is 0 Å². The maximum atomic E-state index is 5.90. The fourth-order valence-electron chi connectivity index (χ4n) is 1.58. The van der Waals surface area contributed by atoms with E-state index in [1.807, 2.05) is 30.2 Å². The number of thiazole rings is 1. The van der Waals surface area contributed by atoms with Crippen molar-refractivity contribution in [3.8, 4) is 0 Å². The van der Waals surface area contributed by atoms with Crippen LogP contribution in [-0.4, -0.2) is 20.0 Å². The normalized spacial score (nSPS) is 12.9. The highest BCUT2D eigenvalue weighted by molar-refractivity contribution is 7.09. The van der Waals surface area contributed by atoms with Crippen LogP contribution in [-0.2, 0) is 13.0 Å². The second-order valence-electron chi connectivity index (χ2n) is 4.03. The molecular formula is C11H17N5S. The first-order valence-electron chi connectivity index (χ1n) is 5.75. The van der Waals surface area contributed by atoms with Crippen molar-refractivity contribution in [2.45, 2.75) is 39.3 Å². The molecule has 0 aromatic carbocycles. The zero-order valence-electron chi connectivity index (χ0n) is 10.1. The van der Waals surface area contributed by atoms with E-state index in [9.17, 15) is 0 Å². The fourth-order valence-corrected chi connectivity index (χ4v) is 2.35. The van der Waals surface area contributed by atoms with Crippen LogP contribution in [0.15, 0.2) is 11.7 Å². The van der Waals surface area contributed by atoms with Gasteiger partial charge in [-0.05, 0) is 13.3 Å². The molecule has 1 unspecified atom stereocenters. The summed E-state index contributed by atoms with van der Waals surface area (Å²) in [4.78, 5) is 5.54. The average Bonchev–Trinajstić information content (AvgIpc) is 2.94. The minimum absolute atomic E-state index is 0.00566. The first-order chi connectivity index (χ1) is 8.20. The third kappa shape index (κ3) is 2.89. The molecule has 2 N–H and O–H groups in total. The molecule has 0 radical (unpaired) electrons. The molecule has 0 aliphatic carbocycles. The van der Waals surface area contributed by atoms with E-state index in [0.29, 0.717) is 0 Å². The summed E-state index contributed by atoms with van der Waals surface area (Å²) in [6, 6.07) is -0.00566. The Kier molecular flexibility index (Phi) is 3.86. The van der Waals surface area contributed by atoms with Crippen molar-refractivity contribution in [3.63, 3.8) is 0 Å². The summed E-state index contributed by atoms with van der Waals surface area (Å²) in [5.74, 6) is 0. The molecule has 2 rings (SSSR count). The van der Waals surface area contributed by atoms with Gasteiger partial charge in [-0.2, -0.15) is 0 Å². The van der Waals surface area contributed by atoms with Crippen LogP contribution in [0.5, 0.6) is 0 Å². The van der Waals surface area contributed by atoms with E-state index in [2.05, 4.69) is 15.3 Å². The summed E-state index contributed by atoms with van der Waals surface area (Å²) < 4.78 is 1.85. The molecule has 2 aromatic heterocycles. The molecule has 0 aliphatic rings. The lowest BCUT2D eigenvalue weighted by Gasteiger charge is -2.02. The third-order valence-corrected chi connectivity index (χ3v) is 3.78. The Morgan fingerprint density at radius 3 is 3.00 bits per heavy atom. The molecule has 2 heterocycles. The van der Waals surface area contributed by atoms with Crippen LogP contribution in [0.1, 0.15) is 35.7 Å². The summed E-state index contributed by atoms with van der Waals surface area (Å²) in [6.45, 7) is 4.91. The van der Waals surface area contributed by atoms with Gasteiger partial charge in [-0.25, -0.2) is 4.98 Å². The Labute approximate surface area is 105 Å². The van der Waals surface area contributed by atoms with Gasteiger partial charge in [0.2, 0.25) is 0 Å². The van der Waals surface area contributed by atoms with E-state index in [4.69, 9.17) is 5.73 Å². The predicted octanol–water partition coefficient (Wildman–Crippen LogP) is 1.70. The number of rotatable bonds is 5. The Hall–Kier alpha value is -1.27. The molecule has 1 atom stereocenters. The fraction of sp³-hybridized carbons (Fsp3) is 0.545. The van der Waals surface area contributed by atoms with E-state index in [1.165, 1.54) is 4.88 Å². The van der Waals surface area contributed by atoms with Crippen molar-refractivity contribution < 1.29 is 0 Å². The Bertz CT molecular complexity index is 476. The van der Waals surface area contributed by atoms with Crippen LogP contribution in [0.2, 0.25) is 0 Å². The molecule has 5 nitrogen and oxygen atoms in total. The van der Waals surface area contributed by atoms with Crippen molar-refractivity contribution in [2.75, 3.05) is 0 Å². The van der Waals surface area contributed by atoms with E-state index in [0.717, 1.165) is 30.8 Å². The molecule has 0 amide bonds. The Morgan fingerprint density at radius 1 is 1.53 bits per heavy atom. The van der Waals surface area contributed by atoms with Crippen LogP contribution in [0, 0.1) is 6.92 Å². The molecule has 17 heavy (non-hydrogen) atoms. The van der Waals surface area contributed by atoms with Crippen molar-refractivity contribution in [2.24, 2.45) is 5.73 Å². The lowest BCUT2D eigenvalue weighted by molar-refractivity contribution is 0.590. The predicted molar refractivity (Wildman–Crippen MR) is 67.8 cm³/mol. The number of hydrogen-bond acceptors (Lipinski definition) is 5. The molecule has 92 valence electrons. The van der Waals surface area contributed by atoms with Crippen LogP contribution in [0.4, 0.5) is 0 Å². The van der Waals surface area contributed by atoms with Crippen LogP contribution >= 0.6 is 11.3 Å². The minimum Gasteiger partial charge on any atom is -0.323 e. The number of aromatic nitrogens is 4. The van der Waals surface area contributed by atoms with Gasteiger partial charge in [0.1, 0.15) is 0 Å². The van der Waals surface area contributed by atoms with E-state index in [1.54, 1.807) is 11.3 Å². The zero-order valence-corrected chi connectivity index (χ0v) is 10.9. The quantitative estimate of drug-likeness (QED) is 0.878. The zero-order chi connectivity index (χ0) is 12.3. The van der Waals surface area contributed by atoms with Gasteiger partial charge in [-0.15, -0.1) is 16.4 Å². The first kappa shape index (κ1) is 12.2. The van der Waals surface area contributed by atoms with Gasteiger partial charge < -0.3 is 5.73 Å². The highest BCUT2D eigenvalue weighted by atomic mass is 32.1. The van der Waals surface area contributed by atoms with Gasteiger partial charge in [0.15, 0.2) is 0 Å². The van der Waals surface area contributed by atoms with Crippen LogP contribution < -0.4 is 5.73 Å². The van der Waals surface area contributed by atoms with Gasteiger partial charge in [0.05, 0.1) is 29.1 Å². The summed E-state index contributed by atoms with van der Waals surface area (Å²) in [6.07, 6.45) is 3.76. The minimum atomic E-state index is -0.00566. The highest BCUT2D eigenvalue weighted by Crippen LogP contribution is 2.14. The summed E-state index contributed by atoms with van der Waals surface area (Å²) in [7, 11) is 0. The SMILES string of the molecule is CCC(N)c1cn(CCc2scnc2C)nn1. The summed E-state index contributed by atoms with van der Waals surface area (Å²) >= 11 is 1.69. The largest absolute Gasteiger partial charge is 0.323 e. The molecule has 0 bridgehead atoms. The lowest BCUT2D eigenvalue weighted by Crippen LogP contribution is -2.08. The van der Waals surface area contributed by atoms with Gasteiger partial charge in [-0.3, -0.25) is 4.68 Å². The van der Waals surface area contributed by atoms with Crippen LogP contribution in [0.3, 0.4) is 0 Å². The maximum Gasteiger partial charge on any atom is 0.0993 e. The average molecular weight is 251 g/mol. The van der Waals surface area contributed by atoms with Crippen molar-refractivity contribution >= 4 is 11.3 Å². The number of nitrogens with two attached hydrogens (primary N) is 1. The molecule has 2 aromatic rings. The molecule has 6 heteroatoms. The maximum absolute atomic E-state index is 5.90. The number of hydrogen-bond donors (Lipinski definition) is 1. The third-order valence-electron chi connectivity index (χ3n) is 2.79. The van der Waals surface area contributed by atoms with Crippen molar-refractivity contribution in [3.05, 3.63) is 28.0 Å². The van der Waals surface area contributed by atoms with Gasteiger partial charge in [0, 0.05) is 17.8 Å². The van der Waals surface area contributed by atoms with Gasteiger partial charge >= 0.3 is 0 Å². The topological polar surface area (TPSA) is 69.6 Å². The van der Waals surface area contributed by atoms with E-state index >= 15 is 0 Å². The summed E-state index contributed by atoms with van der Waals surface area (Å²) in [5, 5.41) is 8.17. The van der Waals surface area contributed by atoms with E-state index in [-0.39, 0.29) is 6.04 Å². The molecule has 0 aliphatic heterocycles. The van der Waals surface area contributed by atoms with Gasteiger partial charge in [-0.1, -0.05) is 12.1 Å². The Balaban J connectivity index is 1.96. The molecule has 0 saturated carbocycles. The standard InChI is InChI=1S/C11H17N5S/c1-3-9(12)10-6-16(15-14-10)5-4-11-8(2)13-7-17-11/h6-7,9H,3-5,12H2,1-2H3. The Morgan fingerprint density at radius 2 is 2.35 bits per heavy atom. The lowest BCUT2D eigenvalue weighted by atomic mass is 10.2. The molecule has 0 spiro atoms. The monoisotopic (exact) mass is 251 g/mol. The first-order valence-corrected chi connectivity index (χ1v) is 6.63. The highest BCUT2D eigenvalue weighted by Gasteiger charge is 2.08. The molecule has 0 saturated heterocycles. The number of aryl methyl sites for hydroxylation is 3. The molecular weight excluding hydrogens is 234 g/mol. The second-order valence-corrected chi connectivity index (χ2v) is 4.97. The molecule has 0 fully saturated rings. The van der Waals surface area contributed by atoms with Crippen LogP contribution in [0.25, 0.3) is 0 Å².